The van der Waals surface area contributed by atoms with Crippen LogP contribution in [0.2, 0.25) is 0 Å². The van der Waals surface area contributed by atoms with E-state index in [2.05, 4.69) is 15.0 Å². The van der Waals surface area contributed by atoms with Crippen molar-refractivity contribution in [1.29, 1.82) is 0 Å². The number of hydrogen-bond donors (Lipinski definition) is 2. The lowest BCUT2D eigenvalue weighted by atomic mass is 10.3. The molecule has 0 bridgehead atoms. The fraction of sp³-hybridized carbons (Fsp3) is 0.727. The number of sulfonamides is 1. The lowest BCUT2D eigenvalue weighted by Crippen LogP contribution is -2.37. The van der Waals surface area contributed by atoms with Crippen LogP contribution in [0.4, 0.5) is 0 Å². The molecule has 0 radical (unpaired) electrons. The Hall–Kier alpha value is -0.920. The van der Waals surface area contributed by atoms with Crippen LogP contribution in [-0.4, -0.2) is 42.9 Å². The number of aryl methyl sites for hydroxylation is 1. The monoisotopic (exact) mass is 272 g/mol. The Bertz CT molecular complexity index is 477. The summed E-state index contributed by atoms with van der Waals surface area (Å²) in [5, 5.41) is 3.19. The molecule has 0 aromatic carbocycles. The highest BCUT2D eigenvalue weighted by molar-refractivity contribution is 7.89. The van der Waals surface area contributed by atoms with Crippen molar-refractivity contribution >= 4 is 10.0 Å². The van der Waals surface area contributed by atoms with Crippen LogP contribution in [0.15, 0.2) is 12.4 Å². The molecule has 6 nitrogen and oxygen atoms in total. The van der Waals surface area contributed by atoms with Crippen LogP contribution in [0.1, 0.15) is 18.7 Å². The first kappa shape index (κ1) is 13.5. The molecule has 1 atom stereocenters. The minimum absolute atomic E-state index is 0.107. The van der Waals surface area contributed by atoms with Crippen LogP contribution < -0.4 is 10.0 Å². The van der Waals surface area contributed by atoms with Crippen molar-refractivity contribution in [3.63, 3.8) is 0 Å². The highest BCUT2D eigenvalue weighted by Crippen LogP contribution is 2.06. The molecule has 102 valence electrons. The number of rotatable bonds is 6. The van der Waals surface area contributed by atoms with E-state index in [0.717, 1.165) is 25.2 Å². The molecule has 2 heterocycles. The molecular weight excluding hydrogens is 252 g/mol. The van der Waals surface area contributed by atoms with Gasteiger partial charge in [-0.1, -0.05) is 0 Å². The van der Waals surface area contributed by atoms with Crippen LogP contribution in [0.3, 0.4) is 0 Å². The molecule has 0 spiro atoms. The third kappa shape index (κ3) is 3.79. The molecule has 1 saturated heterocycles. The topological polar surface area (TPSA) is 76.0 Å². The second kappa shape index (κ2) is 5.81. The normalized spacial score (nSPS) is 20.4. The second-order valence-corrected chi connectivity index (χ2v) is 6.52. The molecule has 18 heavy (non-hydrogen) atoms. The predicted octanol–water partition coefficient (Wildman–Crippen LogP) is -0.366. The van der Waals surface area contributed by atoms with Crippen molar-refractivity contribution in [2.45, 2.75) is 25.3 Å². The third-order valence-corrected chi connectivity index (χ3v) is 4.66. The fourth-order valence-electron chi connectivity index (χ4n) is 2.18. The van der Waals surface area contributed by atoms with E-state index < -0.39 is 10.0 Å². The van der Waals surface area contributed by atoms with E-state index in [1.165, 1.54) is 0 Å². The van der Waals surface area contributed by atoms with E-state index in [4.69, 9.17) is 0 Å². The van der Waals surface area contributed by atoms with Crippen molar-refractivity contribution in [3.05, 3.63) is 18.2 Å². The predicted molar refractivity (Wildman–Crippen MR) is 69.7 cm³/mol. The van der Waals surface area contributed by atoms with Crippen molar-refractivity contribution in [3.8, 4) is 0 Å². The minimum Gasteiger partial charge on any atom is -0.338 e. The summed E-state index contributed by atoms with van der Waals surface area (Å²) in [6.07, 6.45) is 6.19. The number of nitrogens with zero attached hydrogens (tertiary/aromatic N) is 2. The van der Waals surface area contributed by atoms with Crippen LogP contribution >= 0.6 is 0 Å². The van der Waals surface area contributed by atoms with Crippen LogP contribution in [0.25, 0.3) is 0 Å². The average Bonchev–Trinajstić information content (AvgIpc) is 2.90. The standard InChI is InChI=1S/C11H20N4O2S/c1-15-8-7-13-11(15)4-6-14-18(16,17)9-10-3-2-5-12-10/h7-8,10,12,14H,2-6,9H2,1H3. The molecule has 1 aromatic heterocycles. The van der Waals surface area contributed by atoms with Gasteiger partial charge in [0.2, 0.25) is 10.0 Å². The minimum atomic E-state index is -3.18. The maximum Gasteiger partial charge on any atom is 0.213 e. The van der Waals surface area contributed by atoms with E-state index in [0.29, 0.717) is 13.0 Å². The Labute approximate surface area is 108 Å². The van der Waals surface area contributed by atoms with Crippen LogP contribution in [0.5, 0.6) is 0 Å². The summed E-state index contributed by atoms with van der Waals surface area (Å²) in [5.41, 5.74) is 0. The summed E-state index contributed by atoms with van der Waals surface area (Å²) in [6, 6.07) is 0.107. The van der Waals surface area contributed by atoms with Gasteiger partial charge in [-0.2, -0.15) is 0 Å². The summed E-state index contributed by atoms with van der Waals surface area (Å²) < 4.78 is 28.2. The van der Waals surface area contributed by atoms with Crippen molar-refractivity contribution in [2.24, 2.45) is 7.05 Å². The Kier molecular flexibility index (Phi) is 4.36. The summed E-state index contributed by atoms with van der Waals surface area (Å²) in [7, 11) is -1.28. The molecule has 1 aromatic rings. The first-order valence-corrected chi connectivity index (χ1v) is 7.89. The number of hydrogen-bond acceptors (Lipinski definition) is 4. The molecule has 2 rings (SSSR count). The molecule has 1 unspecified atom stereocenters. The van der Waals surface area contributed by atoms with Crippen molar-refractivity contribution in [1.82, 2.24) is 19.6 Å². The summed E-state index contributed by atoms with van der Waals surface area (Å²) >= 11 is 0. The number of imidazole rings is 1. The van der Waals surface area contributed by atoms with Gasteiger partial charge in [-0.25, -0.2) is 18.1 Å². The second-order valence-electron chi connectivity index (χ2n) is 4.67. The molecule has 1 aliphatic heterocycles. The smallest absolute Gasteiger partial charge is 0.213 e. The van der Waals surface area contributed by atoms with Gasteiger partial charge >= 0.3 is 0 Å². The number of nitrogens with one attached hydrogen (secondary N) is 2. The third-order valence-electron chi connectivity index (χ3n) is 3.17. The maximum absolute atomic E-state index is 11.8. The molecule has 1 fully saturated rings. The molecule has 0 saturated carbocycles. The van der Waals surface area contributed by atoms with Gasteiger partial charge < -0.3 is 9.88 Å². The van der Waals surface area contributed by atoms with E-state index >= 15 is 0 Å². The van der Waals surface area contributed by atoms with Crippen molar-refractivity contribution < 1.29 is 8.42 Å². The first-order valence-electron chi connectivity index (χ1n) is 6.24. The zero-order valence-electron chi connectivity index (χ0n) is 10.6. The van der Waals surface area contributed by atoms with Gasteiger partial charge in [0.15, 0.2) is 0 Å². The van der Waals surface area contributed by atoms with Gasteiger partial charge in [0.1, 0.15) is 5.82 Å². The molecule has 1 aliphatic rings. The quantitative estimate of drug-likeness (QED) is 0.741. The zero-order valence-corrected chi connectivity index (χ0v) is 11.4. The zero-order chi connectivity index (χ0) is 13.0. The van der Waals surface area contributed by atoms with Crippen LogP contribution in [-0.2, 0) is 23.5 Å². The lowest BCUT2D eigenvalue weighted by Gasteiger charge is -2.11. The number of aromatic nitrogens is 2. The highest BCUT2D eigenvalue weighted by atomic mass is 32.2. The Morgan fingerprint density at radius 1 is 1.61 bits per heavy atom. The van der Waals surface area contributed by atoms with Gasteiger partial charge in [-0.05, 0) is 19.4 Å². The highest BCUT2D eigenvalue weighted by Gasteiger charge is 2.21. The lowest BCUT2D eigenvalue weighted by molar-refractivity contribution is 0.562. The molecule has 7 heteroatoms. The molecule has 0 aliphatic carbocycles. The summed E-state index contributed by atoms with van der Waals surface area (Å²) in [6.45, 7) is 1.33. The first-order chi connectivity index (χ1) is 8.57. The van der Waals surface area contributed by atoms with Gasteiger partial charge in [-0.3, -0.25) is 0 Å². The molecule has 2 N–H and O–H groups in total. The average molecular weight is 272 g/mol. The van der Waals surface area contributed by atoms with E-state index in [1.807, 2.05) is 17.8 Å². The summed E-state index contributed by atoms with van der Waals surface area (Å²) in [5.74, 6) is 1.06. The van der Waals surface area contributed by atoms with Gasteiger partial charge in [0.05, 0.1) is 5.75 Å². The Morgan fingerprint density at radius 2 is 2.44 bits per heavy atom. The summed E-state index contributed by atoms with van der Waals surface area (Å²) in [4.78, 5) is 4.15. The van der Waals surface area contributed by atoms with Gasteiger partial charge in [0.25, 0.3) is 0 Å². The maximum atomic E-state index is 11.8. The van der Waals surface area contributed by atoms with Crippen LogP contribution in [0, 0.1) is 0 Å². The molecular formula is C11H20N4O2S. The Balaban J connectivity index is 1.76. The van der Waals surface area contributed by atoms with Gasteiger partial charge in [0, 0.05) is 38.4 Å². The van der Waals surface area contributed by atoms with E-state index in [9.17, 15) is 8.42 Å². The van der Waals surface area contributed by atoms with Crippen molar-refractivity contribution in [2.75, 3.05) is 18.8 Å². The Morgan fingerprint density at radius 3 is 3.06 bits per heavy atom. The van der Waals surface area contributed by atoms with E-state index in [-0.39, 0.29) is 11.8 Å². The largest absolute Gasteiger partial charge is 0.338 e. The molecule has 0 amide bonds. The van der Waals surface area contributed by atoms with Gasteiger partial charge in [-0.15, -0.1) is 0 Å². The van der Waals surface area contributed by atoms with E-state index in [1.54, 1.807) is 6.20 Å². The fourth-order valence-corrected chi connectivity index (χ4v) is 3.52. The SMILES string of the molecule is Cn1ccnc1CCNS(=O)(=O)CC1CCCN1.